The fourth-order valence-corrected chi connectivity index (χ4v) is 1.98. The maximum absolute atomic E-state index is 11.9. The molecule has 2 aromatic rings. The van der Waals surface area contributed by atoms with Crippen LogP contribution in [-0.2, 0) is 4.74 Å². The molecule has 21 heavy (non-hydrogen) atoms. The minimum atomic E-state index is -0.537. The number of amides is 1. The van der Waals surface area contributed by atoms with E-state index in [4.69, 9.17) is 10.5 Å². The van der Waals surface area contributed by atoms with Crippen LogP contribution in [-0.4, -0.2) is 11.7 Å². The second kappa shape index (κ2) is 5.87. The number of carbonyl (C=O) groups is 1. The molecule has 0 aliphatic heterocycles. The standard InChI is InChI=1S/C17H20N2O2/c1-17(2,3)21-16(20)19-15-11-7-5-9-13(15)12-8-4-6-10-14(12)18/h4-11H,18H2,1-3H3,(H,19,20). The molecule has 0 spiro atoms. The lowest BCUT2D eigenvalue weighted by Crippen LogP contribution is -2.27. The average Bonchev–Trinajstić information content (AvgIpc) is 2.38. The Bertz CT molecular complexity index is 645. The molecule has 0 aliphatic rings. The number of rotatable bonds is 2. The van der Waals surface area contributed by atoms with Gasteiger partial charge in [0.05, 0.1) is 5.69 Å². The summed E-state index contributed by atoms with van der Waals surface area (Å²) in [6, 6.07) is 15.0. The summed E-state index contributed by atoms with van der Waals surface area (Å²) in [5.41, 5.74) is 8.55. The van der Waals surface area contributed by atoms with Crippen LogP contribution in [0.3, 0.4) is 0 Å². The van der Waals surface area contributed by atoms with Gasteiger partial charge in [-0.05, 0) is 32.9 Å². The van der Waals surface area contributed by atoms with E-state index in [-0.39, 0.29) is 0 Å². The van der Waals surface area contributed by atoms with Crippen molar-refractivity contribution in [3.63, 3.8) is 0 Å². The van der Waals surface area contributed by atoms with Gasteiger partial charge in [0.1, 0.15) is 5.60 Å². The summed E-state index contributed by atoms with van der Waals surface area (Å²) in [4.78, 5) is 11.9. The predicted molar refractivity (Wildman–Crippen MR) is 86.1 cm³/mol. The molecule has 0 bridgehead atoms. The van der Waals surface area contributed by atoms with E-state index in [9.17, 15) is 4.79 Å². The van der Waals surface area contributed by atoms with Gasteiger partial charge in [0.2, 0.25) is 0 Å². The highest BCUT2D eigenvalue weighted by molar-refractivity contribution is 5.93. The van der Waals surface area contributed by atoms with E-state index in [0.717, 1.165) is 11.1 Å². The van der Waals surface area contributed by atoms with Crippen molar-refractivity contribution in [1.82, 2.24) is 0 Å². The highest BCUT2D eigenvalue weighted by Crippen LogP contribution is 2.32. The van der Waals surface area contributed by atoms with Gasteiger partial charge in [-0.25, -0.2) is 4.79 Å². The van der Waals surface area contributed by atoms with E-state index in [2.05, 4.69) is 5.32 Å². The van der Waals surface area contributed by atoms with E-state index in [1.54, 1.807) is 0 Å². The zero-order chi connectivity index (χ0) is 15.5. The number of anilines is 2. The Kier molecular flexibility index (Phi) is 4.17. The van der Waals surface area contributed by atoms with E-state index in [1.165, 1.54) is 0 Å². The fourth-order valence-electron chi connectivity index (χ4n) is 1.98. The third-order valence-corrected chi connectivity index (χ3v) is 2.81. The van der Waals surface area contributed by atoms with E-state index >= 15 is 0 Å². The first kappa shape index (κ1) is 14.9. The van der Waals surface area contributed by atoms with Gasteiger partial charge < -0.3 is 10.5 Å². The molecule has 0 aromatic heterocycles. The molecule has 0 heterocycles. The van der Waals surface area contributed by atoms with Gasteiger partial charge in [-0.1, -0.05) is 36.4 Å². The zero-order valence-corrected chi connectivity index (χ0v) is 12.5. The van der Waals surface area contributed by atoms with E-state index in [1.807, 2.05) is 69.3 Å². The van der Waals surface area contributed by atoms with Crippen molar-refractivity contribution in [1.29, 1.82) is 0 Å². The molecule has 0 saturated carbocycles. The Hall–Kier alpha value is -2.49. The molecule has 0 unspecified atom stereocenters. The van der Waals surface area contributed by atoms with E-state index in [0.29, 0.717) is 11.4 Å². The molecular formula is C17H20N2O2. The van der Waals surface area contributed by atoms with Crippen LogP contribution in [0.15, 0.2) is 48.5 Å². The molecule has 4 nitrogen and oxygen atoms in total. The lowest BCUT2D eigenvalue weighted by Gasteiger charge is -2.20. The van der Waals surface area contributed by atoms with Crippen molar-refractivity contribution >= 4 is 17.5 Å². The van der Waals surface area contributed by atoms with Crippen molar-refractivity contribution in [3.8, 4) is 11.1 Å². The van der Waals surface area contributed by atoms with Crippen LogP contribution < -0.4 is 11.1 Å². The molecule has 0 aliphatic carbocycles. The molecule has 0 radical (unpaired) electrons. The number of hydrogen-bond donors (Lipinski definition) is 2. The van der Waals surface area contributed by atoms with Crippen molar-refractivity contribution in [2.45, 2.75) is 26.4 Å². The molecule has 0 fully saturated rings. The third-order valence-electron chi connectivity index (χ3n) is 2.81. The topological polar surface area (TPSA) is 64.3 Å². The summed E-state index contributed by atoms with van der Waals surface area (Å²) >= 11 is 0. The molecule has 110 valence electrons. The first-order valence-electron chi connectivity index (χ1n) is 6.81. The minimum Gasteiger partial charge on any atom is -0.444 e. The molecule has 1 amide bonds. The number of hydrogen-bond acceptors (Lipinski definition) is 3. The van der Waals surface area contributed by atoms with Crippen LogP contribution in [0, 0.1) is 0 Å². The van der Waals surface area contributed by atoms with Crippen LogP contribution in [0.5, 0.6) is 0 Å². The maximum Gasteiger partial charge on any atom is 0.412 e. The number of ether oxygens (including phenoxy) is 1. The van der Waals surface area contributed by atoms with Gasteiger partial charge in [-0.15, -0.1) is 0 Å². The van der Waals surface area contributed by atoms with Gasteiger partial charge in [-0.2, -0.15) is 0 Å². The molecule has 2 aromatic carbocycles. The van der Waals surface area contributed by atoms with Crippen LogP contribution in [0.25, 0.3) is 11.1 Å². The summed E-state index contributed by atoms with van der Waals surface area (Å²) in [6.45, 7) is 5.48. The van der Waals surface area contributed by atoms with Crippen LogP contribution in [0.1, 0.15) is 20.8 Å². The number of carbonyl (C=O) groups excluding carboxylic acids is 1. The maximum atomic E-state index is 11.9. The normalized spacial score (nSPS) is 11.0. The lowest BCUT2D eigenvalue weighted by molar-refractivity contribution is 0.0636. The summed E-state index contributed by atoms with van der Waals surface area (Å²) < 4.78 is 5.28. The van der Waals surface area contributed by atoms with Gasteiger partial charge in [-0.3, -0.25) is 5.32 Å². The molecule has 0 atom stereocenters. The fraction of sp³-hybridized carbons (Fsp3) is 0.235. The van der Waals surface area contributed by atoms with Crippen LogP contribution >= 0.6 is 0 Å². The molecule has 2 rings (SSSR count). The van der Waals surface area contributed by atoms with E-state index < -0.39 is 11.7 Å². The smallest absolute Gasteiger partial charge is 0.412 e. The number of para-hydroxylation sites is 2. The van der Waals surface area contributed by atoms with Crippen LogP contribution in [0.4, 0.5) is 16.2 Å². The summed E-state index contributed by atoms with van der Waals surface area (Å²) in [7, 11) is 0. The van der Waals surface area contributed by atoms with Crippen LogP contribution in [0.2, 0.25) is 0 Å². The first-order valence-corrected chi connectivity index (χ1v) is 6.81. The summed E-state index contributed by atoms with van der Waals surface area (Å²) in [5, 5.41) is 2.78. The Morgan fingerprint density at radius 1 is 1.00 bits per heavy atom. The van der Waals surface area contributed by atoms with Gasteiger partial charge in [0.15, 0.2) is 0 Å². The number of nitrogens with two attached hydrogens (primary N) is 1. The van der Waals surface area contributed by atoms with Crippen molar-refractivity contribution in [2.24, 2.45) is 0 Å². The monoisotopic (exact) mass is 284 g/mol. The number of nitrogen functional groups attached to an aromatic ring is 1. The second-order valence-electron chi connectivity index (χ2n) is 5.76. The number of benzene rings is 2. The average molecular weight is 284 g/mol. The highest BCUT2D eigenvalue weighted by atomic mass is 16.6. The molecular weight excluding hydrogens is 264 g/mol. The molecule has 4 heteroatoms. The molecule has 3 N–H and O–H groups in total. The quantitative estimate of drug-likeness (QED) is 0.809. The summed E-state index contributed by atoms with van der Waals surface area (Å²) in [5.74, 6) is 0. The zero-order valence-electron chi connectivity index (χ0n) is 12.5. The SMILES string of the molecule is CC(C)(C)OC(=O)Nc1ccccc1-c1ccccc1N. The largest absolute Gasteiger partial charge is 0.444 e. The first-order chi connectivity index (χ1) is 9.87. The van der Waals surface area contributed by atoms with Crippen molar-refractivity contribution in [3.05, 3.63) is 48.5 Å². The minimum absolute atomic E-state index is 0.482. The summed E-state index contributed by atoms with van der Waals surface area (Å²) in [6.07, 6.45) is -0.482. The van der Waals surface area contributed by atoms with Gasteiger partial charge in [0.25, 0.3) is 0 Å². The molecule has 0 saturated heterocycles. The Labute approximate surface area is 124 Å². The predicted octanol–water partition coefficient (Wildman–Crippen LogP) is 4.28. The van der Waals surface area contributed by atoms with Crippen molar-refractivity contribution < 1.29 is 9.53 Å². The van der Waals surface area contributed by atoms with Crippen molar-refractivity contribution in [2.75, 3.05) is 11.1 Å². The Balaban J connectivity index is 2.30. The second-order valence-corrected chi connectivity index (χ2v) is 5.76. The van der Waals surface area contributed by atoms with Gasteiger partial charge in [0, 0.05) is 16.8 Å². The number of nitrogens with one attached hydrogen (secondary N) is 1. The lowest BCUT2D eigenvalue weighted by atomic mass is 10.0. The van der Waals surface area contributed by atoms with Gasteiger partial charge >= 0.3 is 6.09 Å². The Morgan fingerprint density at radius 3 is 2.19 bits per heavy atom. The Morgan fingerprint density at radius 2 is 1.57 bits per heavy atom. The highest BCUT2D eigenvalue weighted by Gasteiger charge is 2.17. The third kappa shape index (κ3) is 3.99.